The molecule has 0 fully saturated rings. The second-order valence-corrected chi connectivity index (χ2v) is 6.79. The number of benzene rings is 2. The van der Waals surface area contributed by atoms with Crippen molar-refractivity contribution < 1.29 is 42.5 Å². The molecule has 2 aromatic rings. The van der Waals surface area contributed by atoms with E-state index in [-0.39, 0.29) is 5.56 Å². The number of rotatable bonds is 9. The maximum atomic E-state index is 13.5. The van der Waals surface area contributed by atoms with Crippen LogP contribution in [0.1, 0.15) is 17.0 Å². The molecule has 9 heteroatoms. The quantitative estimate of drug-likeness (QED) is 0.181. The smallest absolute Gasteiger partial charge is 0.373 e. The Hall–Kier alpha value is -4.27. The van der Waals surface area contributed by atoms with Gasteiger partial charge in [0, 0.05) is 12.0 Å². The molecule has 0 aliphatic rings. The first-order chi connectivity index (χ1) is 16.3. The molecule has 0 aliphatic carbocycles. The number of hydrogen-bond donors (Lipinski definition) is 0. The van der Waals surface area contributed by atoms with E-state index in [0.717, 1.165) is 45.6 Å². The number of hydrogen-bond acceptors (Lipinski definition) is 8. The van der Waals surface area contributed by atoms with Gasteiger partial charge in [-0.05, 0) is 35.4 Å². The molecular formula is C25H23FO8. The molecule has 0 bridgehead atoms. The second-order valence-electron chi connectivity index (χ2n) is 6.79. The third-order valence-electron chi connectivity index (χ3n) is 4.66. The Morgan fingerprint density at radius 2 is 1.41 bits per heavy atom. The molecule has 0 saturated carbocycles. The lowest BCUT2D eigenvalue weighted by molar-refractivity contribution is -0.159. The minimum atomic E-state index is -1.58. The van der Waals surface area contributed by atoms with Crippen molar-refractivity contribution in [1.29, 1.82) is 0 Å². The third kappa shape index (κ3) is 7.13. The van der Waals surface area contributed by atoms with Gasteiger partial charge in [-0.25, -0.2) is 14.0 Å². The fourth-order valence-electron chi connectivity index (χ4n) is 2.99. The Bertz CT molecular complexity index is 1060. The lowest BCUT2D eigenvalue weighted by Gasteiger charge is -2.22. The molecule has 0 spiro atoms. The predicted molar refractivity (Wildman–Crippen MR) is 118 cm³/mol. The number of methoxy groups -OCH3 is 3. The van der Waals surface area contributed by atoms with E-state index in [9.17, 15) is 23.6 Å². The van der Waals surface area contributed by atoms with E-state index >= 15 is 0 Å². The minimum absolute atomic E-state index is 0.250. The van der Waals surface area contributed by atoms with E-state index in [1.54, 1.807) is 24.3 Å². The van der Waals surface area contributed by atoms with Crippen LogP contribution in [0.25, 0.3) is 6.08 Å². The molecule has 0 aliphatic heterocycles. The highest BCUT2D eigenvalue weighted by molar-refractivity contribution is 5.97. The molecule has 0 N–H and O–H groups in total. The lowest BCUT2D eigenvalue weighted by Crippen LogP contribution is -2.32. The van der Waals surface area contributed by atoms with Crippen LogP contribution < -0.4 is 0 Å². The first-order valence-electron chi connectivity index (χ1n) is 9.96. The zero-order chi connectivity index (χ0) is 25.1. The molecule has 0 unspecified atom stereocenters. The van der Waals surface area contributed by atoms with Crippen LogP contribution in [0.15, 0.2) is 72.5 Å². The molecule has 178 valence electrons. The van der Waals surface area contributed by atoms with Crippen LogP contribution in [0.3, 0.4) is 0 Å². The molecular weight excluding hydrogens is 447 g/mol. The summed E-state index contributed by atoms with van der Waals surface area (Å²) in [5.41, 5.74) is 0.961. The summed E-state index contributed by atoms with van der Waals surface area (Å²) in [5.74, 6) is -7.86. The van der Waals surface area contributed by atoms with Crippen molar-refractivity contribution in [3.8, 4) is 0 Å². The zero-order valence-corrected chi connectivity index (χ0v) is 18.7. The van der Waals surface area contributed by atoms with E-state index in [0.29, 0.717) is 5.56 Å². The van der Waals surface area contributed by atoms with Gasteiger partial charge < -0.3 is 18.9 Å². The van der Waals surface area contributed by atoms with Crippen LogP contribution in [0.4, 0.5) is 4.39 Å². The van der Waals surface area contributed by atoms with Gasteiger partial charge in [0.1, 0.15) is 5.82 Å². The van der Waals surface area contributed by atoms with Gasteiger partial charge in [-0.2, -0.15) is 0 Å². The van der Waals surface area contributed by atoms with Gasteiger partial charge in [-0.1, -0.05) is 42.5 Å². The number of ether oxygens (including phenoxy) is 4. The van der Waals surface area contributed by atoms with E-state index in [4.69, 9.17) is 14.2 Å². The standard InChI is InChI=1S/C25H23FO8/c1-31-23(28)20(34-21(27)14-9-16-7-5-4-6-8-16)15-19(17-10-12-18(26)13-11-17)22(24(29)32-2)25(30)33-3/h4-15,19,22H,1-3H3/b14-9+,20-15-/t19-/m1/s1. The summed E-state index contributed by atoms with van der Waals surface area (Å²) in [4.78, 5) is 49.6. The topological polar surface area (TPSA) is 105 Å². The van der Waals surface area contributed by atoms with E-state index in [1.807, 2.05) is 6.07 Å². The summed E-state index contributed by atoms with van der Waals surface area (Å²) >= 11 is 0. The maximum Gasteiger partial charge on any atom is 0.373 e. The molecule has 0 saturated heterocycles. The van der Waals surface area contributed by atoms with Gasteiger partial charge >= 0.3 is 23.9 Å². The number of carbonyl (C=O) groups excluding carboxylic acids is 4. The molecule has 1 atom stereocenters. The molecule has 0 aromatic heterocycles. The summed E-state index contributed by atoms with van der Waals surface area (Å²) in [6.45, 7) is 0. The summed E-state index contributed by atoms with van der Waals surface area (Å²) in [6.07, 6.45) is 3.63. The van der Waals surface area contributed by atoms with Crippen LogP contribution in [0.5, 0.6) is 0 Å². The highest BCUT2D eigenvalue weighted by atomic mass is 19.1. The molecule has 0 heterocycles. The zero-order valence-electron chi connectivity index (χ0n) is 18.7. The summed E-state index contributed by atoms with van der Waals surface area (Å²) in [6, 6.07) is 13.7. The Labute approximate surface area is 195 Å². The molecule has 2 aromatic carbocycles. The van der Waals surface area contributed by atoms with Crippen LogP contribution in [-0.4, -0.2) is 45.2 Å². The van der Waals surface area contributed by atoms with E-state index in [2.05, 4.69) is 4.74 Å². The largest absolute Gasteiger partial charge is 0.468 e. The van der Waals surface area contributed by atoms with Crippen molar-refractivity contribution in [1.82, 2.24) is 0 Å². The van der Waals surface area contributed by atoms with Gasteiger partial charge in [0.05, 0.1) is 21.3 Å². The van der Waals surface area contributed by atoms with Crippen molar-refractivity contribution in [2.45, 2.75) is 5.92 Å². The van der Waals surface area contributed by atoms with Crippen LogP contribution in [0.2, 0.25) is 0 Å². The summed E-state index contributed by atoms with van der Waals surface area (Å²) < 4.78 is 32.8. The summed E-state index contributed by atoms with van der Waals surface area (Å²) in [7, 11) is 3.20. The Morgan fingerprint density at radius 3 is 1.94 bits per heavy atom. The SMILES string of the molecule is COC(=O)/C(=C/[C@H](c1ccc(F)cc1)C(C(=O)OC)C(=O)OC)OC(=O)/C=C/c1ccccc1. The van der Waals surface area contributed by atoms with Gasteiger partial charge in [-0.3, -0.25) is 9.59 Å². The fourth-order valence-corrected chi connectivity index (χ4v) is 2.99. The van der Waals surface area contributed by atoms with Crippen molar-refractivity contribution in [3.63, 3.8) is 0 Å². The molecule has 8 nitrogen and oxygen atoms in total. The molecule has 0 amide bonds. The van der Waals surface area contributed by atoms with Gasteiger partial charge in [0.25, 0.3) is 0 Å². The second kappa shape index (κ2) is 12.7. The predicted octanol–water partition coefficient (Wildman–Crippen LogP) is 3.19. The van der Waals surface area contributed by atoms with Crippen molar-refractivity contribution in [2.75, 3.05) is 21.3 Å². The number of esters is 4. The fraction of sp³-hybridized carbons (Fsp3) is 0.200. The molecule has 2 rings (SSSR count). The highest BCUT2D eigenvalue weighted by Gasteiger charge is 2.38. The molecule has 34 heavy (non-hydrogen) atoms. The average molecular weight is 470 g/mol. The first kappa shape index (κ1) is 26.0. The van der Waals surface area contributed by atoms with Gasteiger partial charge in [-0.15, -0.1) is 0 Å². The van der Waals surface area contributed by atoms with Gasteiger partial charge in [0.15, 0.2) is 5.92 Å². The van der Waals surface area contributed by atoms with Crippen molar-refractivity contribution in [2.24, 2.45) is 5.92 Å². The maximum absolute atomic E-state index is 13.5. The number of halogens is 1. The average Bonchev–Trinajstić information content (AvgIpc) is 2.86. The minimum Gasteiger partial charge on any atom is -0.468 e. The van der Waals surface area contributed by atoms with Crippen LogP contribution >= 0.6 is 0 Å². The highest BCUT2D eigenvalue weighted by Crippen LogP contribution is 2.30. The Kier molecular flexibility index (Phi) is 9.70. The Morgan fingerprint density at radius 1 is 0.824 bits per heavy atom. The van der Waals surface area contributed by atoms with Gasteiger partial charge in [0.2, 0.25) is 5.76 Å². The third-order valence-corrected chi connectivity index (χ3v) is 4.66. The van der Waals surface area contributed by atoms with Crippen molar-refractivity contribution >= 4 is 30.0 Å². The molecule has 0 radical (unpaired) electrons. The first-order valence-corrected chi connectivity index (χ1v) is 9.96. The van der Waals surface area contributed by atoms with Crippen LogP contribution in [-0.2, 0) is 38.1 Å². The normalized spacial score (nSPS) is 12.2. The lowest BCUT2D eigenvalue weighted by atomic mass is 9.85. The van der Waals surface area contributed by atoms with E-state index in [1.165, 1.54) is 18.2 Å². The van der Waals surface area contributed by atoms with Crippen molar-refractivity contribution in [3.05, 3.63) is 89.5 Å². The Balaban J connectivity index is 2.50. The summed E-state index contributed by atoms with van der Waals surface area (Å²) in [5, 5.41) is 0. The number of allylic oxidation sites excluding steroid dienone is 1. The monoisotopic (exact) mass is 470 g/mol. The van der Waals surface area contributed by atoms with E-state index < -0.39 is 47.3 Å². The van der Waals surface area contributed by atoms with Crippen LogP contribution in [0, 0.1) is 11.7 Å². The number of carbonyl (C=O) groups is 4.